The standard InChI is InChI=1S/C17H22N4O/c22-16(15-6-2-1-3-7-15)14-20-10-5-11-21(13-12-20)17-18-8-4-9-19-17/h1-4,6-9,16,22H,5,10-14H2. The summed E-state index contributed by atoms with van der Waals surface area (Å²) in [7, 11) is 0. The predicted molar refractivity (Wildman–Crippen MR) is 86.7 cm³/mol. The van der Waals surface area contributed by atoms with E-state index in [-0.39, 0.29) is 0 Å². The molecule has 2 heterocycles. The number of rotatable bonds is 4. The van der Waals surface area contributed by atoms with Gasteiger partial charge in [-0.1, -0.05) is 30.3 Å². The van der Waals surface area contributed by atoms with E-state index in [1.807, 2.05) is 36.4 Å². The molecule has 1 fully saturated rings. The monoisotopic (exact) mass is 298 g/mol. The van der Waals surface area contributed by atoms with Crippen LogP contribution in [0.15, 0.2) is 48.8 Å². The average Bonchev–Trinajstić information content (AvgIpc) is 2.82. The third-order valence-corrected chi connectivity index (χ3v) is 4.04. The fraction of sp³-hybridized carbons (Fsp3) is 0.412. The van der Waals surface area contributed by atoms with Crippen molar-refractivity contribution in [2.24, 2.45) is 0 Å². The first-order valence-corrected chi connectivity index (χ1v) is 7.80. The average molecular weight is 298 g/mol. The van der Waals surface area contributed by atoms with Crippen LogP contribution >= 0.6 is 0 Å². The lowest BCUT2D eigenvalue weighted by molar-refractivity contribution is 0.117. The van der Waals surface area contributed by atoms with Crippen molar-refractivity contribution in [2.75, 3.05) is 37.6 Å². The van der Waals surface area contributed by atoms with Gasteiger partial charge in [-0.25, -0.2) is 9.97 Å². The second-order valence-electron chi connectivity index (χ2n) is 5.62. The molecule has 22 heavy (non-hydrogen) atoms. The molecule has 0 saturated carbocycles. The van der Waals surface area contributed by atoms with Gasteiger partial charge in [0, 0.05) is 45.1 Å². The molecule has 5 heteroatoms. The zero-order valence-corrected chi connectivity index (χ0v) is 12.7. The van der Waals surface area contributed by atoms with Crippen molar-refractivity contribution in [1.82, 2.24) is 14.9 Å². The molecule has 1 aromatic carbocycles. The smallest absolute Gasteiger partial charge is 0.225 e. The number of hydrogen-bond donors (Lipinski definition) is 1. The summed E-state index contributed by atoms with van der Waals surface area (Å²) in [6.45, 7) is 4.44. The molecule has 0 bridgehead atoms. The summed E-state index contributed by atoms with van der Waals surface area (Å²) >= 11 is 0. The summed E-state index contributed by atoms with van der Waals surface area (Å²) in [5.74, 6) is 0.799. The molecule has 5 nitrogen and oxygen atoms in total. The van der Waals surface area contributed by atoms with Crippen molar-refractivity contribution in [3.05, 3.63) is 54.4 Å². The van der Waals surface area contributed by atoms with Crippen LogP contribution in [0.25, 0.3) is 0 Å². The van der Waals surface area contributed by atoms with E-state index >= 15 is 0 Å². The molecule has 0 amide bonds. The zero-order chi connectivity index (χ0) is 15.2. The number of nitrogens with zero attached hydrogens (tertiary/aromatic N) is 4. The number of aliphatic hydroxyl groups is 1. The first-order chi connectivity index (χ1) is 10.8. The third-order valence-electron chi connectivity index (χ3n) is 4.04. The molecule has 1 N–H and O–H groups in total. The Morgan fingerprint density at radius 2 is 1.73 bits per heavy atom. The Hall–Kier alpha value is -1.98. The SMILES string of the molecule is OC(CN1CCCN(c2ncccn2)CC1)c1ccccc1. The van der Waals surface area contributed by atoms with Crippen LogP contribution in [0.1, 0.15) is 18.1 Å². The zero-order valence-electron chi connectivity index (χ0n) is 12.7. The fourth-order valence-electron chi connectivity index (χ4n) is 2.83. The van der Waals surface area contributed by atoms with Gasteiger partial charge in [0.2, 0.25) is 5.95 Å². The summed E-state index contributed by atoms with van der Waals surface area (Å²) in [6, 6.07) is 11.7. The lowest BCUT2D eigenvalue weighted by Gasteiger charge is -2.24. The van der Waals surface area contributed by atoms with Gasteiger partial charge in [0.05, 0.1) is 6.10 Å². The molecule has 0 aliphatic carbocycles. The van der Waals surface area contributed by atoms with E-state index < -0.39 is 6.10 Å². The molecule has 1 aliphatic heterocycles. The van der Waals surface area contributed by atoms with E-state index in [2.05, 4.69) is 19.8 Å². The van der Waals surface area contributed by atoms with Crippen LogP contribution in [-0.4, -0.2) is 52.7 Å². The third kappa shape index (κ3) is 3.81. The Morgan fingerprint density at radius 1 is 0.955 bits per heavy atom. The van der Waals surface area contributed by atoms with E-state index in [9.17, 15) is 5.11 Å². The van der Waals surface area contributed by atoms with Gasteiger partial charge in [-0.05, 0) is 18.1 Å². The molecule has 116 valence electrons. The molecule has 1 unspecified atom stereocenters. The van der Waals surface area contributed by atoms with Gasteiger partial charge in [0.1, 0.15) is 0 Å². The molecule has 0 radical (unpaired) electrons. The van der Waals surface area contributed by atoms with Crippen molar-refractivity contribution in [3.8, 4) is 0 Å². The molecular formula is C17H22N4O. The molecule has 2 aromatic rings. The van der Waals surface area contributed by atoms with Gasteiger partial charge in [-0.15, -0.1) is 0 Å². The number of benzene rings is 1. The highest BCUT2D eigenvalue weighted by atomic mass is 16.3. The minimum absolute atomic E-state index is 0.430. The van der Waals surface area contributed by atoms with Gasteiger partial charge in [0.25, 0.3) is 0 Å². The second kappa shape index (κ2) is 7.33. The Bertz CT molecular complexity index is 563. The molecule has 1 aliphatic rings. The molecular weight excluding hydrogens is 276 g/mol. The minimum Gasteiger partial charge on any atom is -0.387 e. The summed E-state index contributed by atoms with van der Waals surface area (Å²) in [5, 5.41) is 10.4. The molecule has 0 spiro atoms. The van der Waals surface area contributed by atoms with Crippen LogP contribution in [0, 0.1) is 0 Å². The topological polar surface area (TPSA) is 52.5 Å². The van der Waals surface area contributed by atoms with Crippen LogP contribution in [-0.2, 0) is 0 Å². The summed E-state index contributed by atoms with van der Waals surface area (Å²) in [6.07, 6.45) is 4.19. The van der Waals surface area contributed by atoms with Gasteiger partial charge in [0.15, 0.2) is 0 Å². The molecule has 1 atom stereocenters. The number of aromatic nitrogens is 2. The highest BCUT2D eigenvalue weighted by Crippen LogP contribution is 2.16. The van der Waals surface area contributed by atoms with Crippen molar-refractivity contribution in [2.45, 2.75) is 12.5 Å². The lowest BCUT2D eigenvalue weighted by Crippen LogP contribution is -2.34. The highest BCUT2D eigenvalue weighted by molar-refractivity contribution is 5.28. The molecule has 1 saturated heterocycles. The second-order valence-corrected chi connectivity index (χ2v) is 5.62. The lowest BCUT2D eigenvalue weighted by atomic mass is 10.1. The van der Waals surface area contributed by atoms with Crippen LogP contribution in [0.3, 0.4) is 0 Å². The van der Waals surface area contributed by atoms with E-state index in [4.69, 9.17) is 0 Å². The number of β-amino-alcohol motifs (C(OH)–C–C–N with tert-alkyl or cyclic N) is 1. The number of anilines is 1. The van der Waals surface area contributed by atoms with Gasteiger partial charge in [-0.3, -0.25) is 4.90 Å². The summed E-state index contributed by atoms with van der Waals surface area (Å²) in [5.41, 5.74) is 0.981. The van der Waals surface area contributed by atoms with Crippen LogP contribution in [0.2, 0.25) is 0 Å². The van der Waals surface area contributed by atoms with Crippen molar-refractivity contribution >= 4 is 5.95 Å². The van der Waals surface area contributed by atoms with Crippen LogP contribution < -0.4 is 4.90 Å². The first-order valence-electron chi connectivity index (χ1n) is 7.80. The van der Waals surface area contributed by atoms with Crippen molar-refractivity contribution < 1.29 is 5.11 Å². The quantitative estimate of drug-likeness (QED) is 0.931. The van der Waals surface area contributed by atoms with E-state index in [0.29, 0.717) is 6.54 Å². The molecule has 1 aromatic heterocycles. The predicted octanol–water partition coefficient (Wildman–Crippen LogP) is 1.72. The van der Waals surface area contributed by atoms with Crippen LogP contribution in [0.5, 0.6) is 0 Å². The maximum atomic E-state index is 10.4. The van der Waals surface area contributed by atoms with E-state index in [1.54, 1.807) is 12.4 Å². The maximum Gasteiger partial charge on any atom is 0.225 e. The Morgan fingerprint density at radius 3 is 2.50 bits per heavy atom. The molecule has 3 rings (SSSR count). The number of hydrogen-bond acceptors (Lipinski definition) is 5. The van der Waals surface area contributed by atoms with Crippen LogP contribution in [0.4, 0.5) is 5.95 Å². The van der Waals surface area contributed by atoms with E-state index in [1.165, 1.54) is 0 Å². The summed E-state index contributed by atoms with van der Waals surface area (Å²) in [4.78, 5) is 13.2. The van der Waals surface area contributed by atoms with Gasteiger partial charge >= 0.3 is 0 Å². The van der Waals surface area contributed by atoms with Gasteiger partial charge < -0.3 is 10.0 Å². The van der Waals surface area contributed by atoms with Gasteiger partial charge in [-0.2, -0.15) is 0 Å². The first kappa shape index (κ1) is 14.9. The van der Waals surface area contributed by atoms with Crippen molar-refractivity contribution in [3.63, 3.8) is 0 Å². The Kier molecular flexibility index (Phi) is 4.98. The largest absolute Gasteiger partial charge is 0.387 e. The maximum absolute atomic E-state index is 10.4. The highest BCUT2D eigenvalue weighted by Gasteiger charge is 2.19. The fourth-order valence-corrected chi connectivity index (χ4v) is 2.83. The number of aliphatic hydroxyl groups excluding tert-OH is 1. The minimum atomic E-state index is -0.430. The van der Waals surface area contributed by atoms with Crippen molar-refractivity contribution in [1.29, 1.82) is 0 Å². The van der Waals surface area contributed by atoms with E-state index in [0.717, 1.165) is 44.1 Å². The normalized spacial score (nSPS) is 18.0. The Balaban J connectivity index is 1.57. The Labute approximate surface area is 131 Å². The summed E-state index contributed by atoms with van der Waals surface area (Å²) < 4.78 is 0.